The summed E-state index contributed by atoms with van der Waals surface area (Å²) in [5.41, 5.74) is 1.03. The van der Waals surface area contributed by atoms with E-state index in [0.29, 0.717) is 35.9 Å². The van der Waals surface area contributed by atoms with Crippen LogP contribution in [-0.2, 0) is 4.79 Å². The van der Waals surface area contributed by atoms with Crippen molar-refractivity contribution in [1.82, 2.24) is 4.90 Å². The number of halogens is 1. The predicted octanol–water partition coefficient (Wildman–Crippen LogP) is 4.28. The fraction of sp³-hybridized carbons (Fsp3) is 0.417. The van der Waals surface area contributed by atoms with Gasteiger partial charge in [-0.1, -0.05) is 0 Å². The average molecular weight is 429 g/mol. The topological polar surface area (TPSA) is 59.1 Å². The summed E-state index contributed by atoms with van der Waals surface area (Å²) in [7, 11) is 0. The van der Waals surface area contributed by atoms with E-state index in [9.17, 15) is 14.0 Å². The number of carbonyl (C=O) groups excluding carboxylic acids is 2. The van der Waals surface area contributed by atoms with E-state index in [2.05, 4.69) is 0 Å². The maximum Gasteiger partial charge on any atom is 0.260 e. The Balaban J connectivity index is 1.74. The quantitative estimate of drug-likeness (QED) is 0.630. The zero-order chi connectivity index (χ0) is 22.2. The van der Waals surface area contributed by atoms with Crippen molar-refractivity contribution < 1.29 is 23.5 Å². The van der Waals surface area contributed by atoms with Crippen molar-refractivity contribution in [1.29, 1.82) is 0 Å². The smallest absolute Gasteiger partial charge is 0.260 e. The van der Waals surface area contributed by atoms with Gasteiger partial charge in [0.2, 0.25) is 0 Å². The van der Waals surface area contributed by atoms with Gasteiger partial charge in [-0.15, -0.1) is 0 Å². The number of likely N-dealkylation sites (tertiary alicyclic amines) is 1. The molecule has 0 N–H and O–H groups in total. The number of nitrogens with zero attached hydrogens (tertiary/aromatic N) is 2. The van der Waals surface area contributed by atoms with Gasteiger partial charge in [-0.25, -0.2) is 4.39 Å². The lowest BCUT2D eigenvalue weighted by atomic mass is 10.1. The second-order valence-corrected chi connectivity index (χ2v) is 7.35. The van der Waals surface area contributed by atoms with E-state index in [4.69, 9.17) is 9.47 Å². The van der Waals surface area contributed by atoms with Crippen molar-refractivity contribution in [2.75, 3.05) is 37.7 Å². The van der Waals surface area contributed by atoms with Gasteiger partial charge < -0.3 is 19.3 Å². The van der Waals surface area contributed by atoms with Gasteiger partial charge in [-0.3, -0.25) is 9.59 Å². The van der Waals surface area contributed by atoms with Crippen LogP contribution in [-0.4, -0.2) is 49.6 Å². The fourth-order valence-electron chi connectivity index (χ4n) is 3.62. The van der Waals surface area contributed by atoms with E-state index < -0.39 is 0 Å². The first-order chi connectivity index (χ1) is 15.0. The number of piperidine rings is 1. The van der Waals surface area contributed by atoms with E-state index in [1.54, 1.807) is 35.2 Å². The van der Waals surface area contributed by atoms with Gasteiger partial charge in [-0.05, 0) is 75.6 Å². The molecule has 7 heteroatoms. The minimum Gasteiger partial charge on any atom is -0.490 e. The van der Waals surface area contributed by atoms with Crippen LogP contribution < -0.4 is 14.4 Å². The molecule has 0 saturated carbocycles. The van der Waals surface area contributed by atoms with Crippen LogP contribution in [0.5, 0.6) is 11.5 Å². The monoisotopic (exact) mass is 428 g/mol. The molecule has 31 heavy (non-hydrogen) atoms. The maximum atomic E-state index is 13.2. The van der Waals surface area contributed by atoms with Crippen LogP contribution in [0.2, 0.25) is 0 Å². The normalized spacial score (nSPS) is 13.6. The summed E-state index contributed by atoms with van der Waals surface area (Å²) in [6, 6.07) is 10.7. The molecule has 0 bridgehead atoms. The summed E-state index contributed by atoms with van der Waals surface area (Å²) in [4.78, 5) is 28.9. The molecule has 0 radical (unpaired) electrons. The highest BCUT2D eigenvalue weighted by molar-refractivity contribution is 6.06. The molecule has 1 fully saturated rings. The highest BCUT2D eigenvalue weighted by atomic mass is 19.1. The van der Waals surface area contributed by atoms with Crippen LogP contribution in [0.3, 0.4) is 0 Å². The first-order valence-corrected chi connectivity index (χ1v) is 10.8. The van der Waals surface area contributed by atoms with Crippen molar-refractivity contribution in [3.05, 3.63) is 53.8 Å². The lowest BCUT2D eigenvalue weighted by Crippen LogP contribution is -2.38. The summed E-state index contributed by atoms with van der Waals surface area (Å²) >= 11 is 0. The number of carbonyl (C=O) groups is 2. The molecule has 0 unspecified atom stereocenters. The Morgan fingerprint density at radius 3 is 2.32 bits per heavy atom. The Bertz CT molecular complexity index is 895. The Morgan fingerprint density at radius 1 is 0.968 bits per heavy atom. The number of rotatable bonds is 8. The van der Waals surface area contributed by atoms with Crippen LogP contribution in [0, 0.1) is 5.82 Å². The van der Waals surface area contributed by atoms with E-state index in [-0.39, 0.29) is 24.2 Å². The minimum atomic E-state index is -0.355. The largest absolute Gasteiger partial charge is 0.490 e. The Labute approximate surface area is 182 Å². The first kappa shape index (κ1) is 22.6. The molecular formula is C24H29FN2O4. The molecule has 1 heterocycles. The van der Waals surface area contributed by atoms with Crippen molar-refractivity contribution in [3.8, 4) is 11.5 Å². The number of hydrogen-bond donors (Lipinski definition) is 0. The van der Waals surface area contributed by atoms with Gasteiger partial charge in [0.05, 0.1) is 6.61 Å². The molecule has 0 atom stereocenters. The summed E-state index contributed by atoms with van der Waals surface area (Å²) in [5, 5.41) is 0. The molecule has 0 aliphatic carbocycles. The van der Waals surface area contributed by atoms with Crippen LogP contribution in [0.4, 0.5) is 10.1 Å². The number of ether oxygens (including phenoxy) is 2. The van der Waals surface area contributed by atoms with Gasteiger partial charge in [-0.2, -0.15) is 0 Å². The van der Waals surface area contributed by atoms with Crippen LogP contribution in [0.1, 0.15) is 43.5 Å². The molecule has 2 amide bonds. The fourth-order valence-corrected chi connectivity index (χ4v) is 3.62. The Morgan fingerprint density at radius 2 is 1.68 bits per heavy atom. The van der Waals surface area contributed by atoms with Crippen LogP contribution in [0.25, 0.3) is 0 Å². The molecule has 6 nitrogen and oxygen atoms in total. The third kappa shape index (κ3) is 5.75. The van der Waals surface area contributed by atoms with Crippen LogP contribution >= 0.6 is 0 Å². The van der Waals surface area contributed by atoms with Crippen molar-refractivity contribution in [2.45, 2.75) is 33.1 Å². The number of amides is 2. The Hall–Kier alpha value is -3.09. The van der Waals surface area contributed by atoms with Gasteiger partial charge in [0.15, 0.2) is 18.1 Å². The lowest BCUT2D eigenvalue weighted by molar-refractivity contribution is -0.134. The summed E-state index contributed by atoms with van der Waals surface area (Å²) in [5.74, 6) is 0.205. The molecule has 1 aliphatic heterocycles. The van der Waals surface area contributed by atoms with Gasteiger partial charge >= 0.3 is 0 Å². The predicted molar refractivity (Wildman–Crippen MR) is 117 cm³/mol. The molecule has 2 aromatic carbocycles. The first-order valence-electron chi connectivity index (χ1n) is 10.8. The molecule has 1 aliphatic rings. The van der Waals surface area contributed by atoms with Crippen LogP contribution in [0.15, 0.2) is 42.5 Å². The second kappa shape index (κ2) is 10.8. The van der Waals surface area contributed by atoms with Gasteiger partial charge in [0, 0.05) is 30.9 Å². The molecule has 166 valence electrons. The zero-order valence-electron chi connectivity index (χ0n) is 18.1. The van der Waals surface area contributed by atoms with Gasteiger partial charge in [0.1, 0.15) is 5.82 Å². The molecule has 0 aromatic heterocycles. The molecule has 1 saturated heterocycles. The van der Waals surface area contributed by atoms with E-state index in [1.165, 1.54) is 12.1 Å². The highest BCUT2D eigenvalue weighted by Crippen LogP contribution is 2.30. The summed E-state index contributed by atoms with van der Waals surface area (Å²) in [6.07, 6.45) is 3.20. The molecular weight excluding hydrogens is 399 g/mol. The summed E-state index contributed by atoms with van der Waals surface area (Å²) in [6.45, 7) is 5.99. The van der Waals surface area contributed by atoms with Crippen molar-refractivity contribution >= 4 is 17.5 Å². The number of anilines is 1. The third-order valence-corrected chi connectivity index (χ3v) is 5.25. The highest BCUT2D eigenvalue weighted by Gasteiger charge is 2.20. The van der Waals surface area contributed by atoms with Gasteiger partial charge in [0.25, 0.3) is 11.8 Å². The van der Waals surface area contributed by atoms with E-state index in [1.807, 2.05) is 18.7 Å². The summed E-state index contributed by atoms with van der Waals surface area (Å²) < 4.78 is 24.7. The number of benzene rings is 2. The average Bonchev–Trinajstić information content (AvgIpc) is 2.80. The Kier molecular flexibility index (Phi) is 7.87. The minimum absolute atomic E-state index is 0.0456. The SMILES string of the molecule is CCOc1cc(C(=O)N(CC)c2ccc(F)cc2)ccc1OCC(=O)N1CCCCC1. The van der Waals surface area contributed by atoms with Crippen molar-refractivity contribution in [3.63, 3.8) is 0 Å². The molecule has 3 rings (SSSR count). The number of hydrogen-bond acceptors (Lipinski definition) is 4. The third-order valence-electron chi connectivity index (χ3n) is 5.25. The maximum absolute atomic E-state index is 13.2. The van der Waals surface area contributed by atoms with E-state index >= 15 is 0 Å². The molecule has 2 aromatic rings. The lowest BCUT2D eigenvalue weighted by Gasteiger charge is -2.26. The standard InChI is InChI=1S/C24H29FN2O4/c1-3-27(20-11-9-19(25)10-12-20)24(29)18-8-13-21(22(16-18)30-4-2)31-17-23(28)26-14-6-5-7-15-26/h8-13,16H,3-7,14-15,17H2,1-2H3. The van der Waals surface area contributed by atoms with Crippen molar-refractivity contribution in [2.24, 2.45) is 0 Å². The van der Waals surface area contributed by atoms with E-state index in [0.717, 1.165) is 32.4 Å². The molecule has 0 spiro atoms. The second-order valence-electron chi connectivity index (χ2n) is 7.35. The zero-order valence-corrected chi connectivity index (χ0v) is 18.1.